The van der Waals surface area contributed by atoms with Crippen molar-refractivity contribution in [2.24, 2.45) is 0 Å². The van der Waals surface area contributed by atoms with Crippen molar-refractivity contribution in [3.05, 3.63) is 46.3 Å². The minimum atomic E-state index is -0.412. The lowest BCUT2D eigenvalue weighted by Crippen LogP contribution is -3.27. The Kier molecular flexibility index (Phi) is 7.35. The van der Waals surface area contributed by atoms with Gasteiger partial charge in [0, 0.05) is 11.3 Å². The van der Waals surface area contributed by atoms with Crippen LogP contribution in [0.2, 0.25) is 0 Å². The molecular formula is C23H33N3O5+2. The first-order chi connectivity index (χ1) is 14.9. The molecule has 1 aromatic carbocycles. The summed E-state index contributed by atoms with van der Waals surface area (Å²) in [6, 6.07) is 6.05. The van der Waals surface area contributed by atoms with Gasteiger partial charge in [-0.3, -0.25) is 4.79 Å². The molecule has 0 bridgehead atoms. The number of ketones is 1. The molecule has 0 radical (unpaired) electrons. The summed E-state index contributed by atoms with van der Waals surface area (Å²) < 4.78 is 15.5. The number of H-pyrrole nitrogens is 1. The SMILES string of the molecule is COC(=O)c1c(C)[nH]c(C(=O)C[NH+]2CC[NH+](Cc3ccc(OC)c(OC)c3)CC2)c1C. The molecule has 168 valence electrons. The van der Waals surface area contributed by atoms with Crippen molar-refractivity contribution in [2.75, 3.05) is 54.1 Å². The van der Waals surface area contributed by atoms with Gasteiger partial charge in [-0.25, -0.2) is 4.79 Å². The standard InChI is InChI=1S/C23H31N3O5/c1-15-21(23(28)31-5)16(2)24-22(15)18(27)14-26-10-8-25(9-11-26)13-17-6-7-19(29-3)20(12-17)30-4/h6-7,12,24H,8-11,13-14H2,1-5H3/p+2. The topological polar surface area (TPSA) is 86.5 Å². The number of aromatic nitrogens is 1. The average Bonchev–Trinajstić information content (AvgIpc) is 3.08. The van der Waals surface area contributed by atoms with Gasteiger partial charge in [-0.2, -0.15) is 0 Å². The van der Waals surface area contributed by atoms with Gasteiger partial charge in [0.25, 0.3) is 0 Å². The second-order valence-electron chi connectivity index (χ2n) is 8.08. The lowest BCUT2D eigenvalue weighted by atomic mass is 10.1. The number of nitrogens with one attached hydrogen (secondary N) is 3. The first-order valence-corrected chi connectivity index (χ1v) is 10.6. The van der Waals surface area contributed by atoms with E-state index in [0.29, 0.717) is 29.1 Å². The Balaban J connectivity index is 1.56. The Morgan fingerprint density at radius 3 is 2.23 bits per heavy atom. The molecule has 1 saturated heterocycles. The number of ether oxygens (including phenoxy) is 3. The van der Waals surface area contributed by atoms with Gasteiger partial charge in [0.15, 0.2) is 11.5 Å². The van der Waals surface area contributed by atoms with Crippen LogP contribution in [0.15, 0.2) is 18.2 Å². The maximum Gasteiger partial charge on any atom is 0.339 e. The third kappa shape index (κ3) is 5.08. The minimum absolute atomic E-state index is 0.0362. The van der Waals surface area contributed by atoms with Gasteiger partial charge >= 0.3 is 5.97 Å². The summed E-state index contributed by atoms with van der Waals surface area (Å²) in [6.07, 6.45) is 0. The lowest BCUT2D eigenvalue weighted by molar-refractivity contribution is -1.01. The van der Waals surface area contributed by atoms with E-state index in [1.54, 1.807) is 28.1 Å². The van der Waals surface area contributed by atoms with Crippen LogP contribution in [0.1, 0.15) is 37.7 Å². The van der Waals surface area contributed by atoms with Crippen LogP contribution in [0, 0.1) is 13.8 Å². The summed E-state index contributed by atoms with van der Waals surface area (Å²) in [5.41, 5.74) is 3.54. The Morgan fingerprint density at radius 2 is 1.61 bits per heavy atom. The fraction of sp³-hybridized carbons (Fsp3) is 0.478. The molecule has 0 saturated carbocycles. The number of piperazine rings is 1. The van der Waals surface area contributed by atoms with E-state index in [1.807, 2.05) is 12.1 Å². The van der Waals surface area contributed by atoms with Crippen molar-refractivity contribution < 1.29 is 33.6 Å². The molecule has 0 amide bonds. The summed E-state index contributed by atoms with van der Waals surface area (Å²) in [5.74, 6) is 1.11. The largest absolute Gasteiger partial charge is 0.493 e. The van der Waals surface area contributed by atoms with Crippen LogP contribution in [0.25, 0.3) is 0 Å². The zero-order valence-electron chi connectivity index (χ0n) is 19.0. The number of carbonyl (C=O) groups is 2. The van der Waals surface area contributed by atoms with Crippen LogP contribution in [-0.2, 0) is 11.3 Å². The molecule has 0 atom stereocenters. The smallest absolute Gasteiger partial charge is 0.339 e. The molecule has 0 spiro atoms. The van der Waals surface area contributed by atoms with E-state index < -0.39 is 5.97 Å². The monoisotopic (exact) mass is 431 g/mol. The van der Waals surface area contributed by atoms with Crippen molar-refractivity contribution in [2.45, 2.75) is 20.4 Å². The number of hydrogen-bond donors (Lipinski definition) is 3. The summed E-state index contributed by atoms with van der Waals surface area (Å²) in [7, 11) is 4.64. The van der Waals surface area contributed by atoms with Crippen LogP contribution in [-0.4, -0.2) is 70.8 Å². The molecule has 3 N–H and O–H groups in total. The fourth-order valence-electron chi connectivity index (χ4n) is 4.34. The Bertz CT molecular complexity index is 945. The molecule has 1 aliphatic heterocycles. The van der Waals surface area contributed by atoms with E-state index >= 15 is 0 Å². The number of methoxy groups -OCH3 is 3. The van der Waals surface area contributed by atoms with E-state index in [1.165, 1.54) is 22.5 Å². The van der Waals surface area contributed by atoms with Crippen molar-refractivity contribution in [1.82, 2.24) is 4.98 Å². The number of esters is 1. The van der Waals surface area contributed by atoms with Gasteiger partial charge in [-0.1, -0.05) is 0 Å². The zero-order valence-corrected chi connectivity index (χ0v) is 19.0. The molecule has 0 aliphatic carbocycles. The molecule has 0 unspecified atom stereocenters. The van der Waals surface area contributed by atoms with Gasteiger partial charge < -0.3 is 29.0 Å². The van der Waals surface area contributed by atoms with Gasteiger partial charge in [0.05, 0.1) is 32.6 Å². The van der Waals surface area contributed by atoms with Crippen LogP contribution in [0.4, 0.5) is 0 Å². The molecule has 2 heterocycles. The molecule has 2 aromatic rings. The maximum absolute atomic E-state index is 12.9. The van der Waals surface area contributed by atoms with E-state index in [4.69, 9.17) is 14.2 Å². The van der Waals surface area contributed by atoms with Gasteiger partial charge in [-0.05, 0) is 37.6 Å². The number of aryl methyl sites for hydroxylation is 1. The third-order valence-electron chi connectivity index (χ3n) is 6.08. The van der Waals surface area contributed by atoms with E-state index in [2.05, 4.69) is 11.1 Å². The average molecular weight is 432 g/mol. The second-order valence-corrected chi connectivity index (χ2v) is 8.08. The highest BCUT2D eigenvalue weighted by molar-refractivity contribution is 6.01. The molecule has 1 aliphatic rings. The minimum Gasteiger partial charge on any atom is -0.493 e. The Hall–Kier alpha value is -2.84. The quantitative estimate of drug-likeness (QED) is 0.391. The Labute approximate surface area is 183 Å². The predicted octanol–water partition coefficient (Wildman–Crippen LogP) is -0.398. The van der Waals surface area contributed by atoms with Crippen LogP contribution in [0.5, 0.6) is 11.5 Å². The highest BCUT2D eigenvalue weighted by Crippen LogP contribution is 2.27. The molecule has 3 rings (SSSR count). The van der Waals surface area contributed by atoms with Crippen molar-refractivity contribution in [3.8, 4) is 11.5 Å². The van der Waals surface area contributed by atoms with Gasteiger partial charge in [-0.15, -0.1) is 0 Å². The lowest BCUT2D eigenvalue weighted by Gasteiger charge is -2.29. The normalized spacial score (nSPS) is 18.5. The number of rotatable bonds is 8. The molecule has 1 fully saturated rings. The van der Waals surface area contributed by atoms with E-state index in [-0.39, 0.29) is 5.78 Å². The van der Waals surface area contributed by atoms with Crippen molar-refractivity contribution in [1.29, 1.82) is 0 Å². The molecular weight excluding hydrogens is 398 g/mol. The summed E-state index contributed by atoms with van der Waals surface area (Å²) in [4.78, 5) is 30.7. The van der Waals surface area contributed by atoms with Crippen molar-refractivity contribution >= 4 is 11.8 Å². The van der Waals surface area contributed by atoms with Gasteiger partial charge in [0.2, 0.25) is 5.78 Å². The zero-order chi connectivity index (χ0) is 22.5. The number of benzene rings is 1. The summed E-state index contributed by atoms with van der Waals surface area (Å²) in [6.45, 7) is 8.76. The summed E-state index contributed by atoms with van der Waals surface area (Å²) in [5, 5.41) is 0. The number of aromatic amines is 1. The Morgan fingerprint density at radius 1 is 0.968 bits per heavy atom. The molecule has 8 heteroatoms. The molecule has 8 nitrogen and oxygen atoms in total. The number of quaternary nitrogens is 2. The number of Topliss-reactive ketones (excluding diaryl/α,β-unsaturated/α-hetero) is 1. The highest BCUT2D eigenvalue weighted by atomic mass is 16.5. The number of hydrogen-bond acceptors (Lipinski definition) is 5. The molecule has 1 aromatic heterocycles. The highest BCUT2D eigenvalue weighted by Gasteiger charge is 2.28. The second kappa shape index (κ2) is 9.98. The van der Waals surface area contributed by atoms with E-state index in [0.717, 1.165) is 44.2 Å². The maximum atomic E-state index is 12.9. The van der Waals surface area contributed by atoms with Crippen LogP contribution in [0.3, 0.4) is 0 Å². The fourth-order valence-corrected chi connectivity index (χ4v) is 4.34. The first kappa shape index (κ1) is 22.8. The third-order valence-corrected chi connectivity index (χ3v) is 6.08. The van der Waals surface area contributed by atoms with Gasteiger partial charge in [0.1, 0.15) is 39.3 Å². The predicted molar refractivity (Wildman–Crippen MR) is 115 cm³/mol. The summed E-state index contributed by atoms with van der Waals surface area (Å²) >= 11 is 0. The number of carbonyl (C=O) groups excluding carboxylic acids is 2. The van der Waals surface area contributed by atoms with Crippen LogP contribution >= 0.6 is 0 Å². The first-order valence-electron chi connectivity index (χ1n) is 10.6. The van der Waals surface area contributed by atoms with E-state index in [9.17, 15) is 9.59 Å². The molecule has 31 heavy (non-hydrogen) atoms. The van der Waals surface area contributed by atoms with Crippen LogP contribution < -0.4 is 19.3 Å². The van der Waals surface area contributed by atoms with Crippen molar-refractivity contribution in [3.63, 3.8) is 0 Å².